The second-order valence-corrected chi connectivity index (χ2v) is 6.00. The maximum atomic E-state index is 12.2. The fourth-order valence-electron chi connectivity index (χ4n) is 2.36. The molecule has 1 saturated heterocycles. The van der Waals surface area contributed by atoms with Crippen LogP contribution in [0, 0.1) is 6.92 Å². The summed E-state index contributed by atoms with van der Waals surface area (Å²) in [6.07, 6.45) is 0. The van der Waals surface area contributed by atoms with E-state index in [-0.39, 0.29) is 5.91 Å². The van der Waals surface area contributed by atoms with Gasteiger partial charge in [-0.15, -0.1) is 11.3 Å². The van der Waals surface area contributed by atoms with E-state index >= 15 is 0 Å². The third kappa shape index (κ3) is 2.91. The summed E-state index contributed by atoms with van der Waals surface area (Å²) in [5.74, 6) is 0.641. The molecule has 0 N–H and O–H groups in total. The van der Waals surface area contributed by atoms with Crippen molar-refractivity contribution in [3.63, 3.8) is 0 Å². The minimum atomic E-state index is -0.0300. The predicted molar refractivity (Wildman–Crippen MR) is 76.7 cm³/mol. The van der Waals surface area contributed by atoms with Gasteiger partial charge in [0.05, 0.1) is 0 Å². The molecule has 1 aliphatic rings. The van der Waals surface area contributed by atoms with Gasteiger partial charge in [0.25, 0.3) is 5.91 Å². The monoisotopic (exact) mass is 291 g/mol. The topological polar surface area (TPSA) is 49.6 Å². The van der Waals surface area contributed by atoms with Gasteiger partial charge in [0.1, 0.15) is 5.76 Å². The fraction of sp³-hybridized carbons (Fsp3) is 0.429. The molecule has 2 aromatic heterocycles. The quantitative estimate of drug-likeness (QED) is 0.868. The zero-order chi connectivity index (χ0) is 13.9. The Hall–Kier alpha value is -1.66. The van der Waals surface area contributed by atoms with Crippen molar-refractivity contribution in [1.82, 2.24) is 15.0 Å². The number of piperazine rings is 1. The number of carbonyl (C=O) groups is 1. The number of amides is 1. The van der Waals surface area contributed by atoms with Gasteiger partial charge in [0.15, 0.2) is 5.69 Å². The van der Waals surface area contributed by atoms with Crippen molar-refractivity contribution in [3.05, 3.63) is 39.9 Å². The fourth-order valence-corrected chi connectivity index (χ4v) is 3.11. The molecule has 0 bridgehead atoms. The normalized spacial score (nSPS) is 16.6. The average Bonchev–Trinajstić information content (AvgIpc) is 3.10. The largest absolute Gasteiger partial charge is 0.361 e. The Labute approximate surface area is 121 Å². The van der Waals surface area contributed by atoms with Gasteiger partial charge >= 0.3 is 0 Å². The molecular formula is C14H17N3O2S. The number of hydrogen-bond donors (Lipinski definition) is 0. The highest BCUT2D eigenvalue weighted by molar-refractivity contribution is 7.09. The first-order valence-corrected chi connectivity index (χ1v) is 7.57. The van der Waals surface area contributed by atoms with Crippen LogP contribution in [0.3, 0.4) is 0 Å². The molecule has 1 amide bonds. The Morgan fingerprint density at radius 2 is 2.20 bits per heavy atom. The van der Waals surface area contributed by atoms with Crippen molar-refractivity contribution >= 4 is 17.2 Å². The number of thiophene rings is 1. The number of nitrogens with zero attached hydrogens (tertiary/aromatic N) is 3. The maximum absolute atomic E-state index is 12.2. The molecule has 5 nitrogen and oxygen atoms in total. The number of hydrogen-bond acceptors (Lipinski definition) is 5. The Morgan fingerprint density at radius 3 is 2.80 bits per heavy atom. The lowest BCUT2D eigenvalue weighted by Gasteiger charge is -2.34. The van der Waals surface area contributed by atoms with Gasteiger partial charge in [0.2, 0.25) is 0 Å². The van der Waals surface area contributed by atoms with Gasteiger partial charge in [0, 0.05) is 43.7 Å². The third-order valence-corrected chi connectivity index (χ3v) is 4.33. The van der Waals surface area contributed by atoms with Crippen molar-refractivity contribution in [2.24, 2.45) is 0 Å². The Balaban J connectivity index is 1.54. The van der Waals surface area contributed by atoms with Crippen molar-refractivity contribution in [3.8, 4) is 0 Å². The summed E-state index contributed by atoms with van der Waals surface area (Å²) < 4.78 is 4.96. The smallest absolute Gasteiger partial charge is 0.276 e. The Morgan fingerprint density at radius 1 is 1.40 bits per heavy atom. The molecule has 0 spiro atoms. The van der Waals surface area contributed by atoms with E-state index in [1.165, 1.54) is 4.88 Å². The van der Waals surface area contributed by atoms with Crippen LogP contribution in [0.15, 0.2) is 28.1 Å². The van der Waals surface area contributed by atoms with Crippen molar-refractivity contribution in [1.29, 1.82) is 0 Å². The van der Waals surface area contributed by atoms with E-state index in [1.54, 1.807) is 24.3 Å². The molecule has 106 valence electrons. The van der Waals surface area contributed by atoms with E-state index in [2.05, 4.69) is 27.6 Å². The lowest BCUT2D eigenvalue weighted by atomic mass is 10.2. The van der Waals surface area contributed by atoms with E-state index in [1.807, 2.05) is 4.90 Å². The minimum absolute atomic E-state index is 0.0300. The van der Waals surface area contributed by atoms with Gasteiger partial charge < -0.3 is 9.42 Å². The van der Waals surface area contributed by atoms with Gasteiger partial charge in [-0.05, 0) is 18.4 Å². The van der Waals surface area contributed by atoms with E-state index in [0.717, 1.165) is 32.7 Å². The van der Waals surface area contributed by atoms with Crippen LogP contribution in [0.4, 0.5) is 0 Å². The van der Waals surface area contributed by atoms with Crippen LogP contribution >= 0.6 is 11.3 Å². The maximum Gasteiger partial charge on any atom is 0.276 e. The zero-order valence-electron chi connectivity index (χ0n) is 11.4. The highest BCUT2D eigenvalue weighted by atomic mass is 32.1. The molecule has 0 atom stereocenters. The van der Waals surface area contributed by atoms with Crippen molar-refractivity contribution < 1.29 is 9.32 Å². The highest BCUT2D eigenvalue weighted by Crippen LogP contribution is 2.14. The van der Waals surface area contributed by atoms with E-state index in [0.29, 0.717) is 11.5 Å². The van der Waals surface area contributed by atoms with Crippen LogP contribution in [0.5, 0.6) is 0 Å². The van der Waals surface area contributed by atoms with Gasteiger partial charge in [-0.1, -0.05) is 11.2 Å². The van der Waals surface area contributed by atoms with E-state index in [4.69, 9.17) is 4.52 Å². The Bertz CT molecular complexity index is 571. The summed E-state index contributed by atoms with van der Waals surface area (Å²) in [4.78, 5) is 17.8. The van der Waals surface area contributed by atoms with Crippen LogP contribution in [0.1, 0.15) is 21.1 Å². The molecule has 0 aliphatic carbocycles. The molecule has 2 aromatic rings. The van der Waals surface area contributed by atoms with Crippen molar-refractivity contribution in [2.75, 3.05) is 26.2 Å². The van der Waals surface area contributed by atoms with Crippen LogP contribution < -0.4 is 0 Å². The second kappa shape index (κ2) is 5.76. The molecule has 0 radical (unpaired) electrons. The molecule has 1 aliphatic heterocycles. The number of aromatic nitrogens is 1. The number of rotatable bonds is 3. The van der Waals surface area contributed by atoms with E-state index < -0.39 is 0 Å². The first kappa shape index (κ1) is 13.3. The van der Waals surface area contributed by atoms with Crippen molar-refractivity contribution in [2.45, 2.75) is 13.5 Å². The van der Waals surface area contributed by atoms with Gasteiger partial charge in [-0.2, -0.15) is 0 Å². The first-order chi connectivity index (χ1) is 9.72. The standard InChI is InChI=1S/C14H17N3O2S/c1-11-9-13(15-19-11)14(18)17-6-4-16(5-7-17)10-12-3-2-8-20-12/h2-3,8-9H,4-7,10H2,1H3. The van der Waals surface area contributed by atoms with Crippen LogP contribution in [0.2, 0.25) is 0 Å². The van der Waals surface area contributed by atoms with Gasteiger partial charge in [-0.3, -0.25) is 9.69 Å². The van der Waals surface area contributed by atoms with Crippen LogP contribution in [0.25, 0.3) is 0 Å². The SMILES string of the molecule is Cc1cc(C(=O)N2CCN(Cc3cccs3)CC2)no1. The molecule has 0 aromatic carbocycles. The molecule has 6 heteroatoms. The zero-order valence-corrected chi connectivity index (χ0v) is 12.2. The highest BCUT2D eigenvalue weighted by Gasteiger charge is 2.24. The molecular weight excluding hydrogens is 274 g/mol. The summed E-state index contributed by atoms with van der Waals surface area (Å²) in [6.45, 7) is 6.07. The first-order valence-electron chi connectivity index (χ1n) is 6.70. The molecule has 3 heterocycles. The van der Waals surface area contributed by atoms with Gasteiger partial charge in [-0.25, -0.2) is 0 Å². The third-order valence-electron chi connectivity index (χ3n) is 3.47. The van der Waals surface area contributed by atoms with E-state index in [9.17, 15) is 4.79 Å². The number of aryl methyl sites for hydroxylation is 1. The molecule has 0 saturated carbocycles. The lowest BCUT2D eigenvalue weighted by Crippen LogP contribution is -2.48. The summed E-state index contributed by atoms with van der Waals surface area (Å²) in [6, 6.07) is 5.92. The molecule has 1 fully saturated rings. The van der Waals surface area contributed by atoms with Crippen LogP contribution in [-0.4, -0.2) is 47.0 Å². The summed E-state index contributed by atoms with van der Waals surface area (Å²) in [5.41, 5.74) is 0.411. The summed E-state index contributed by atoms with van der Waals surface area (Å²) >= 11 is 1.78. The second-order valence-electron chi connectivity index (χ2n) is 4.97. The minimum Gasteiger partial charge on any atom is -0.361 e. The lowest BCUT2D eigenvalue weighted by molar-refractivity contribution is 0.0619. The summed E-state index contributed by atoms with van der Waals surface area (Å²) in [5, 5.41) is 5.89. The predicted octanol–water partition coefficient (Wildman–Crippen LogP) is 2.00. The Kier molecular flexibility index (Phi) is 3.84. The average molecular weight is 291 g/mol. The molecule has 0 unspecified atom stereocenters. The molecule has 20 heavy (non-hydrogen) atoms. The summed E-state index contributed by atoms with van der Waals surface area (Å²) in [7, 11) is 0. The molecule has 3 rings (SSSR count). The number of carbonyl (C=O) groups excluding carboxylic acids is 1. The van der Waals surface area contributed by atoms with Crippen LogP contribution in [-0.2, 0) is 6.54 Å².